The Hall–Kier alpha value is -2.01. The van der Waals surface area contributed by atoms with Gasteiger partial charge in [0, 0.05) is 16.6 Å². The molecule has 0 radical (unpaired) electrons. The number of nitrogen functional groups attached to an aromatic ring is 1. The average Bonchev–Trinajstić information content (AvgIpc) is 2.93. The Morgan fingerprint density at radius 1 is 1.29 bits per heavy atom. The number of carbonyl (C=O) groups is 1. The van der Waals surface area contributed by atoms with E-state index in [1.54, 1.807) is 36.6 Å². The zero-order valence-electron chi connectivity index (χ0n) is 11.9. The molecule has 1 aliphatic carbocycles. The molecule has 2 aromatic rings. The topological polar surface area (TPSA) is 64.3 Å². The van der Waals surface area contributed by atoms with E-state index >= 15 is 0 Å². The molecule has 3 N–H and O–H groups in total. The van der Waals surface area contributed by atoms with Crippen LogP contribution in [0.4, 0.5) is 11.4 Å². The number of aryl methyl sites for hydroxylation is 2. The molecule has 0 fully saturated rings. The van der Waals surface area contributed by atoms with Crippen molar-refractivity contribution in [3.8, 4) is 5.75 Å². The summed E-state index contributed by atoms with van der Waals surface area (Å²) < 4.78 is 5.17. The standard InChI is InChI=1S/C16H18N2O2S/c1-20-13-9-11(6-7-12(13)17)18-16(19)15-8-10-4-2-3-5-14(10)21-15/h6-9H,2-5,17H2,1H3,(H,18,19). The molecule has 0 unspecified atom stereocenters. The van der Waals surface area contributed by atoms with Gasteiger partial charge in [-0.25, -0.2) is 0 Å². The van der Waals surface area contributed by atoms with Gasteiger partial charge in [0.25, 0.3) is 5.91 Å². The molecule has 0 spiro atoms. The van der Waals surface area contributed by atoms with Crippen molar-refractivity contribution in [2.24, 2.45) is 0 Å². The van der Waals surface area contributed by atoms with Crippen molar-refractivity contribution in [3.63, 3.8) is 0 Å². The number of methoxy groups -OCH3 is 1. The Labute approximate surface area is 127 Å². The fourth-order valence-corrected chi connectivity index (χ4v) is 3.73. The Morgan fingerprint density at radius 3 is 2.86 bits per heavy atom. The van der Waals surface area contributed by atoms with E-state index < -0.39 is 0 Å². The third-order valence-corrected chi connectivity index (χ3v) is 4.95. The van der Waals surface area contributed by atoms with Gasteiger partial charge in [-0.1, -0.05) is 0 Å². The number of ether oxygens (including phenoxy) is 1. The highest BCUT2D eigenvalue weighted by Gasteiger charge is 2.17. The number of hydrogen-bond acceptors (Lipinski definition) is 4. The summed E-state index contributed by atoms with van der Waals surface area (Å²) in [6.45, 7) is 0. The molecule has 0 aliphatic heterocycles. The summed E-state index contributed by atoms with van der Waals surface area (Å²) in [6, 6.07) is 7.28. The zero-order valence-corrected chi connectivity index (χ0v) is 12.8. The van der Waals surface area contributed by atoms with E-state index in [1.165, 1.54) is 23.3 Å². The zero-order chi connectivity index (χ0) is 14.8. The number of thiophene rings is 1. The van der Waals surface area contributed by atoms with Crippen LogP contribution >= 0.6 is 11.3 Å². The Balaban J connectivity index is 1.78. The highest BCUT2D eigenvalue weighted by molar-refractivity contribution is 7.14. The van der Waals surface area contributed by atoms with Gasteiger partial charge in [-0.15, -0.1) is 11.3 Å². The molecule has 1 aliphatic rings. The number of carbonyl (C=O) groups excluding carboxylic acids is 1. The molecular formula is C16H18N2O2S. The molecule has 21 heavy (non-hydrogen) atoms. The molecule has 3 rings (SSSR count). The van der Waals surface area contributed by atoms with E-state index in [0.717, 1.165) is 17.7 Å². The number of nitrogens with two attached hydrogens (primary N) is 1. The minimum Gasteiger partial charge on any atom is -0.495 e. The number of rotatable bonds is 3. The normalized spacial score (nSPS) is 13.6. The number of fused-ring (bicyclic) bond motifs is 1. The van der Waals surface area contributed by atoms with Crippen LogP contribution < -0.4 is 15.8 Å². The van der Waals surface area contributed by atoms with Crippen LogP contribution in [0.2, 0.25) is 0 Å². The van der Waals surface area contributed by atoms with Gasteiger partial charge in [0.1, 0.15) is 5.75 Å². The molecular weight excluding hydrogens is 284 g/mol. The molecule has 0 saturated heterocycles. The summed E-state index contributed by atoms with van der Waals surface area (Å²) in [6.07, 6.45) is 4.64. The molecule has 1 aromatic heterocycles. The monoisotopic (exact) mass is 302 g/mol. The second-order valence-electron chi connectivity index (χ2n) is 5.18. The quantitative estimate of drug-likeness (QED) is 0.853. The summed E-state index contributed by atoms with van der Waals surface area (Å²) >= 11 is 1.61. The van der Waals surface area contributed by atoms with Crippen molar-refractivity contribution in [1.82, 2.24) is 0 Å². The lowest BCUT2D eigenvalue weighted by molar-refractivity contribution is 0.103. The van der Waals surface area contributed by atoms with Crippen molar-refractivity contribution in [3.05, 3.63) is 39.6 Å². The summed E-state index contributed by atoms with van der Waals surface area (Å²) in [7, 11) is 1.56. The molecule has 110 valence electrons. The van der Waals surface area contributed by atoms with Crippen LogP contribution in [0.3, 0.4) is 0 Å². The summed E-state index contributed by atoms with van der Waals surface area (Å²) in [5.41, 5.74) is 8.36. The lowest BCUT2D eigenvalue weighted by Crippen LogP contribution is -2.10. The molecule has 4 nitrogen and oxygen atoms in total. The van der Waals surface area contributed by atoms with Gasteiger partial charge in [-0.05, 0) is 49.4 Å². The molecule has 1 heterocycles. The van der Waals surface area contributed by atoms with Crippen LogP contribution in [0.15, 0.2) is 24.3 Å². The predicted molar refractivity (Wildman–Crippen MR) is 86.3 cm³/mol. The minimum absolute atomic E-state index is 0.0683. The average molecular weight is 302 g/mol. The fraction of sp³-hybridized carbons (Fsp3) is 0.312. The Morgan fingerprint density at radius 2 is 2.10 bits per heavy atom. The molecule has 0 saturated carbocycles. The maximum atomic E-state index is 12.3. The number of benzene rings is 1. The third-order valence-electron chi connectivity index (χ3n) is 3.71. The van der Waals surface area contributed by atoms with Crippen LogP contribution in [-0.2, 0) is 12.8 Å². The van der Waals surface area contributed by atoms with Crippen molar-refractivity contribution >= 4 is 28.6 Å². The number of anilines is 2. The first-order valence-corrected chi connectivity index (χ1v) is 7.85. The molecule has 5 heteroatoms. The molecule has 1 aromatic carbocycles. The largest absolute Gasteiger partial charge is 0.495 e. The van der Waals surface area contributed by atoms with Gasteiger partial charge in [-0.3, -0.25) is 4.79 Å². The van der Waals surface area contributed by atoms with E-state index in [-0.39, 0.29) is 5.91 Å². The number of hydrogen-bond donors (Lipinski definition) is 2. The van der Waals surface area contributed by atoms with Crippen LogP contribution in [0, 0.1) is 0 Å². The minimum atomic E-state index is -0.0683. The van der Waals surface area contributed by atoms with Crippen LogP contribution in [-0.4, -0.2) is 13.0 Å². The number of amides is 1. The van der Waals surface area contributed by atoms with E-state index in [0.29, 0.717) is 17.1 Å². The van der Waals surface area contributed by atoms with Crippen LogP contribution in [0.5, 0.6) is 5.75 Å². The first-order valence-electron chi connectivity index (χ1n) is 7.04. The summed E-state index contributed by atoms with van der Waals surface area (Å²) in [5.74, 6) is 0.500. The molecule has 0 bridgehead atoms. The van der Waals surface area contributed by atoms with Crippen molar-refractivity contribution in [2.45, 2.75) is 25.7 Å². The maximum absolute atomic E-state index is 12.3. The summed E-state index contributed by atoms with van der Waals surface area (Å²) in [5, 5.41) is 2.91. The first kappa shape index (κ1) is 13.9. The second kappa shape index (κ2) is 5.77. The third kappa shape index (κ3) is 2.88. The van der Waals surface area contributed by atoms with Crippen molar-refractivity contribution in [2.75, 3.05) is 18.2 Å². The van der Waals surface area contributed by atoms with Crippen molar-refractivity contribution < 1.29 is 9.53 Å². The smallest absolute Gasteiger partial charge is 0.265 e. The van der Waals surface area contributed by atoms with Gasteiger partial charge in [0.2, 0.25) is 0 Å². The second-order valence-corrected chi connectivity index (χ2v) is 6.31. The predicted octanol–water partition coefficient (Wildman–Crippen LogP) is 3.47. The van der Waals surface area contributed by atoms with Gasteiger partial charge in [-0.2, -0.15) is 0 Å². The maximum Gasteiger partial charge on any atom is 0.265 e. The number of nitrogens with one attached hydrogen (secondary N) is 1. The molecule has 0 atom stereocenters. The lowest BCUT2D eigenvalue weighted by atomic mass is 9.99. The van der Waals surface area contributed by atoms with Gasteiger partial charge >= 0.3 is 0 Å². The van der Waals surface area contributed by atoms with E-state index in [2.05, 4.69) is 5.32 Å². The van der Waals surface area contributed by atoms with Gasteiger partial charge in [0.05, 0.1) is 17.7 Å². The van der Waals surface area contributed by atoms with Crippen LogP contribution in [0.25, 0.3) is 0 Å². The molecule has 1 amide bonds. The van der Waals surface area contributed by atoms with Gasteiger partial charge in [0.15, 0.2) is 0 Å². The summed E-state index contributed by atoms with van der Waals surface area (Å²) in [4.78, 5) is 14.5. The van der Waals surface area contributed by atoms with Crippen LogP contribution in [0.1, 0.15) is 33.0 Å². The fourth-order valence-electron chi connectivity index (χ4n) is 2.58. The highest BCUT2D eigenvalue weighted by atomic mass is 32.1. The Bertz CT molecular complexity index is 655. The SMILES string of the molecule is COc1cc(NC(=O)c2cc3c(s2)CCCC3)ccc1N. The van der Waals surface area contributed by atoms with E-state index in [1.807, 2.05) is 6.07 Å². The first-order chi connectivity index (χ1) is 10.2. The lowest BCUT2D eigenvalue weighted by Gasteiger charge is -2.08. The highest BCUT2D eigenvalue weighted by Crippen LogP contribution is 2.31. The Kier molecular flexibility index (Phi) is 3.84. The van der Waals surface area contributed by atoms with Crippen molar-refractivity contribution in [1.29, 1.82) is 0 Å². The van der Waals surface area contributed by atoms with E-state index in [9.17, 15) is 4.79 Å². The van der Waals surface area contributed by atoms with E-state index in [4.69, 9.17) is 10.5 Å². The van der Waals surface area contributed by atoms with Gasteiger partial charge < -0.3 is 15.8 Å².